The molecule has 5 heteroatoms. The van der Waals surface area contributed by atoms with Gasteiger partial charge in [-0.3, -0.25) is 4.84 Å². The first kappa shape index (κ1) is 11.2. The third-order valence-electron chi connectivity index (χ3n) is 1.34. The van der Waals surface area contributed by atoms with Crippen LogP contribution in [0.15, 0.2) is 35.7 Å². The summed E-state index contributed by atoms with van der Waals surface area (Å²) in [6.45, 7) is 0. The molecular weight excluding hydrogens is 225 g/mol. The van der Waals surface area contributed by atoms with Gasteiger partial charge in [-0.25, -0.2) is 5.48 Å². The molecule has 0 radical (unpaired) electrons. The number of rotatable bonds is 4. The summed E-state index contributed by atoms with van der Waals surface area (Å²) in [6, 6.07) is 6.88. The Labute approximate surface area is 92.2 Å². The first-order valence-corrected chi connectivity index (χ1v) is 4.60. The van der Waals surface area contributed by atoms with Crippen LogP contribution in [0.5, 0.6) is 5.75 Å². The van der Waals surface area contributed by atoms with E-state index in [1.54, 1.807) is 24.3 Å². The Hall–Kier alpha value is -0.900. The maximum atomic E-state index is 5.71. The van der Waals surface area contributed by atoms with E-state index in [4.69, 9.17) is 27.9 Å². The highest BCUT2D eigenvalue weighted by Crippen LogP contribution is 2.17. The van der Waals surface area contributed by atoms with Crippen molar-refractivity contribution in [3.05, 3.63) is 40.7 Å². The highest BCUT2D eigenvalue weighted by Gasteiger charge is 1.98. The van der Waals surface area contributed by atoms with Crippen LogP contribution in [0.1, 0.15) is 0 Å². The highest BCUT2D eigenvalue weighted by atomic mass is 35.5. The molecule has 1 N–H and O–H groups in total. The minimum atomic E-state index is 0.302. The van der Waals surface area contributed by atoms with Crippen LogP contribution in [0.4, 0.5) is 0 Å². The Morgan fingerprint density at radius 1 is 1.36 bits per heavy atom. The Bertz CT molecular complexity index is 311. The van der Waals surface area contributed by atoms with Crippen molar-refractivity contribution in [1.29, 1.82) is 0 Å². The number of halogens is 2. The van der Waals surface area contributed by atoms with Gasteiger partial charge in [-0.15, -0.1) is 0 Å². The molecule has 0 aromatic heterocycles. The number of hydroxylamine groups is 1. The van der Waals surface area contributed by atoms with Gasteiger partial charge in [-0.05, 0) is 24.3 Å². The van der Waals surface area contributed by atoms with Gasteiger partial charge in [-0.1, -0.05) is 23.2 Å². The van der Waals surface area contributed by atoms with Gasteiger partial charge in [0.25, 0.3) is 0 Å². The molecule has 0 aliphatic rings. The lowest BCUT2D eigenvalue weighted by Crippen LogP contribution is -2.15. The van der Waals surface area contributed by atoms with E-state index in [1.165, 1.54) is 12.6 Å². The van der Waals surface area contributed by atoms with E-state index in [0.717, 1.165) is 0 Å². The number of ether oxygens (including phenoxy) is 1. The summed E-state index contributed by atoms with van der Waals surface area (Å²) in [4.78, 5) is 4.64. The van der Waals surface area contributed by atoms with E-state index >= 15 is 0 Å². The molecule has 0 heterocycles. The molecule has 14 heavy (non-hydrogen) atoms. The summed E-state index contributed by atoms with van der Waals surface area (Å²) < 4.78 is 5.29. The number of hydrogen-bond acceptors (Lipinski definition) is 3. The number of nitrogens with one attached hydrogen (secondary N) is 1. The van der Waals surface area contributed by atoms with Crippen LogP contribution < -0.4 is 10.2 Å². The molecule has 0 atom stereocenters. The Morgan fingerprint density at radius 3 is 2.50 bits per heavy atom. The highest BCUT2D eigenvalue weighted by molar-refractivity contribution is 6.30. The zero-order valence-corrected chi connectivity index (χ0v) is 8.97. The van der Waals surface area contributed by atoms with Crippen LogP contribution in [0.2, 0.25) is 5.02 Å². The molecular formula is C9H9Cl2NO2. The van der Waals surface area contributed by atoms with Gasteiger partial charge in [0.1, 0.15) is 5.75 Å². The minimum absolute atomic E-state index is 0.302. The summed E-state index contributed by atoms with van der Waals surface area (Å²) >= 11 is 11.2. The number of benzene rings is 1. The quantitative estimate of drug-likeness (QED) is 0.641. The van der Waals surface area contributed by atoms with E-state index in [2.05, 4.69) is 10.3 Å². The van der Waals surface area contributed by atoms with Crippen molar-refractivity contribution in [2.75, 3.05) is 7.11 Å². The second-order valence-electron chi connectivity index (χ2n) is 2.34. The van der Waals surface area contributed by atoms with E-state index in [9.17, 15) is 0 Å². The van der Waals surface area contributed by atoms with Crippen LogP contribution in [0, 0.1) is 0 Å². The van der Waals surface area contributed by atoms with Gasteiger partial charge >= 0.3 is 0 Å². The normalized spacial score (nSPS) is 11.2. The zero-order valence-electron chi connectivity index (χ0n) is 7.46. The van der Waals surface area contributed by atoms with Crippen molar-refractivity contribution in [1.82, 2.24) is 5.48 Å². The smallest absolute Gasteiger partial charge is 0.228 e. The van der Waals surface area contributed by atoms with Gasteiger partial charge in [0, 0.05) is 5.02 Å². The first-order valence-electron chi connectivity index (χ1n) is 3.79. The molecule has 0 saturated heterocycles. The molecule has 76 valence electrons. The maximum Gasteiger partial charge on any atom is 0.228 e. The van der Waals surface area contributed by atoms with Crippen molar-refractivity contribution in [3.8, 4) is 5.75 Å². The molecule has 0 spiro atoms. The molecule has 0 fully saturated rings. The summed E-state index contributed by atoms with van der Waals surface area (Å²) in [5.74, 6) is 0.919. The molecule has 1 rings (SSSR count). The van der Waals surface area contributed by atoms with Gasteiger partial charge in [0.05, 0.1) is 12.6 Å². The molecule has 0 bridgehead atoms. The van der Waals surface area contributed by atoms with Crippen LogP contribution in [-0.4, -0.2) is 7.11 Å². The zero-order chi connectivity index (χ0) is 10.4. The lowest BCUT2D eigenvalue weighted by molar-refractivity contribution is 0.0841. The maximum absolute atomic E-state index is 5.71. The van der Waals surface area contributed by atoms with E-state index in [-0.39, 0.29) is 0 Å². The van der Waals surface area contributed by atoms with E-state index in [1.807, 2.05) is 0 Å². The lowest BCUT2D eigenvalue weighted by atomic mass is 10.3. The van der Waals surface area contributed by atoms with Crippen LogP contribution in [-0.2, 0) is 4.84 Å². The third-order valence-corrected chi connectivity index (χ3v) is 1.79. The Balaban J connectivity index is 2.63. The molecule has 1 aromatic rings. The van der Waals surface area contributed by atoms with Crippen LogP contribution >= 0.6 is 23.2 Å². The summed E-state index contributed by atoms with van der Waals surface area (Å²) in [7, 11) is 1.46. The molecule has 1 aromatic carbocycles. The van der Waals surface area contributed by atoms with E-state index in [0.29, 0.717) is 16.7 Å². The minimum Gasteiger partial charge on any atom is -0.438 e. The molecule has 3 nitrogen and oxygen atoms in total. The molecule has 0 amide bonds. The number of hydrogen-bond donors (Lipinski definition) is 1. The molecule has 0 unspecified atom stereocenters. The van der Waals surface area contributed by atoms with Crippen LogP contribution in [0.25, 0.3) is 0 Å². The predicted molar refractivity (Wildman–Crippen MR) is 56.2 cm³/mol. The van der Waals surface area contributed by atoms with Crippen molar-refractivity contribution in [3.63, 3.8) is 0 Å². The summed E-state index contributed by atoms with van der Waals surface area (Å²) in [6.07, 6.45) is 0. The average Bonchev–Trinajstić information content (AvgIpc) is 2.20. The van der Waals surface area contributed by atoms with Crippen molar-refractivity contribution < 1.29 is 9.57 Å². The van der Waals surface area contributed by atoms with Gasteiger partial charge in [0.2, 0.25) is 5.88 Å². The van der Waals surface area contributed by atoms with Gasteiger partial charge < -0.3 is 4.74 Å². The van der Waals surface area contributed by atoms with Crippen LogP contribution in [0.3, 0.4) is 0 Å². The van der Waals surface area contributed by atoms with Crippen molar-refractivity contribution >= 4 is 23.2 Å². The summed E-state index contributed by atoms with van der Waals surface area (Å²) in [5.41, 5.74) is 3.70. The average molecular weight is 234 g/mol. The standard InChI is InChI=1S/C9H9Cl2NO2/c1-13-12-9(6-10)14-8-4-2-7(11)3-5-8/h2-6,12H,1H3/b9-6+. The predicted octanol–water partition coefficient (Wildman–Crippen LogP) is 2.91. The lowest BCUT2D eigenvalue weighted by Gasteiger charge is -2.08. The first-order chi connectivity index (χ1) is 6.76. The van der Waals surface area contributed by atoms with Gasteiger partial charge in [0.15, 0.2) is 0 Å². The monoisotopic (exact) mass is 233 g/mol. The Morgan fingerprint density at radius 2 is 2.00 bits per heavy atom. The van der Waals surface area contributed by atoms with Gasteiger partial charge in [-0.2, -0.15) is 0 Å². The second-order valence-corrected chi connectivity index (χ2v) is 2.99. The topological polar surface area (TPSA) is 30.5 Å². The molecule has 0 aliphatic heterocycles. The van der Waals surface area contributed by atoms with Crippen molar-refractivity contribution in [2.45, 2.75) is 0 Å². The SMILES string of the molecule is CON/C(=C\Cl)Oc1ccc(Cl)cc1. The fraction of sp³-hybridized carbons (Fsp3) is 0.111. The fourth-order valence-corrected chi connectivity index (χ4v) is 1.01. The summed E-state index contributed by atoms with van der Waals surface area (Å²) in [5, 5.41) is 0.647. The Kier molecular flexibility index (Phi) is 4.59. The van der Waals surface area contributed by atoms with E-state index < -0.39 is 0 Å². The molecule has 0 saturated carbocycles. The van der Waals surface area contributed by atoms with Crippen molar-refractivity contribution in [2.24, 2.45) is 0 Å². The largest absolute Gasteiger partial charge is 0.438 e. The third kappa shape index (κ3) is 3.46. The second kappa shape index (κ2) is 5.75. The fourth-order valence-electron chi connectivity index (χ4n) is 0.796. The molecule has 0 aliphatic carbocycles.